The maximum atomic E-state index is 8.94. The number of nitrogens with zero attached hydrogens (tertiary/aromatic N) is 2. The zero-order chi connectivity index (χ0) is 18.1. The normalized spacial score (nSPS) is 12.5. The Morgan fingerprint density at radius 3 is 2.28 bits per heavy atom. The minimum atomic E-state index is 0.113. The molecule has 0 aliphatic heterocycles. The van der Waals surface area contributed by atoms with Crippen molar-refractivity contribution in [1.29, 1.82) is 10.5 Å². The van der Waals surface area contributed by atoms with Gasteiger partial charge in [0.05, 0.1) is 0 Å². The first kappa shape index (κ1) is 18.4. The zero-order valence-corrected chi connectivity index (χ0v) is 14.6. The van der Waals surface area contributed by atoms with Crippen molar-refractivity contribution in [2.75, 3.05) is 0 Å². The molecule has 0 heterocycles. The molecular weight excluding hydrogens is 312 g/mol. The first-order valence-electron chi connectivity index (χ1n) is 8.50. The summed E-state index contributed by atoms with van der Waals surface area (Å²) >= 11 is 0. The molecule has 2 aromatic rings. The monoisotopic (exact) mass is 334 g/mol. The first-order chi connectivity index (χ1) is 12.2. The highest BCUT2D eigenvalue weighted by Crippen LogP contribution is 2.37. The molecular formula is C21H22N2O2. The lowest BCUT2D eigenvalue weighted by molar-refractivity contribution is 0.445. The van der Waals surface area contributed by atoms with E-state index in [1.807, 2.05) is 36.4 Å². The van der Waals surface area contributed by atoms with Crippen molar-refractivity contribution >= 4 is 0 Å². The molecule has 4 nitrogen and oxygen atoms in total. The molecule has 0 bridgehead atoms. The SMILES string of the molecule is CCCC(C)CC(c1ccc(OC#N)cc1)c1ccccc1OC#N. The Balaban J connectivity index is 2.40. The van der Waals surface area contributed by atoms with Crippen LogP contribution in [-0.2, 0) is 0 Å². The fourth-order valence-corrected chi connectivity index (χ4v) is 3.19. The van der Waals surface area contributed by atoms with Gasteiger partial charge in [0.15, 0.2) is 0 Å². The van der Waals surface area contributed by atoms with Crippen molar-refractivity contribution in [3.63, 3.8) is 0 Å². The van der Waals surface area contributed by atoms with E-state index in [1.54, 1.807) is 24.6 Å². The van der Waals surface area contributed by atoms with Gasteiger partial charge >= 0.3 is 0 Å². The number of nitriles is 2. The van der Waals surface area contributed by atoms with E-state index < -0.39 is 0 Å². The molecule has 0 fully saturated rings. The van der Waals surface area contributed by atoms with Crippen LogP contribution in [-0.4, -0.2) is 0 Å². The Bertz CT molecular complexity index is 757. The van der Waals surface area contributed by atoms with Crippen molar-refractivity contribution in [1.82, 2.24) is 0 Å². The average molecular weight is 334 g/mol. The van der Waals surface area contributed by atoms with Crippen LogP contribution in [0.3, 0.4) is 0 Å². The van der Waals surface area contributed by atoms with Gasteiger partial charge in [-0.05, 0) is 36.1 Å². The predicted molar refractivity (Wildman–Crippen MR) is 95.9 cm³/mol. The summed E-state index contributed by atoms with van der Waals surface area (Å²) in [6.07, 6.45) is 6.70. The van der Waals surface area contributed by atoms with Gasteiger partial charge in [-0.25, -0.2) is 0 Å². The van der Waals surface area contributed by atoms with Gasteiger partial charge in [0, 0.05) is 11.5 Å². The minimum absolute atomic E-state index is 0.113. The Kier molecular flexibility index (Phi) is 6.87. The minimum Gasteiger partial charge on any atom is -0.388 e. The van der Waals surface area contributed by atoms with Gasteiger partial charge in [0.1, 0.15) is 11.5 Å². The summed E-state index contributed by atoms with van der Waals surface area (Å²) < 4.78 is 10.0. The number of ether oxygens (including phenoxy) is 2. The Morgan fingerprint density at radius 1 is 0.960 bits per heavy atom. The van der Waals surface area contributed by atoms with Crippen molar-refractivity contribution in [2.45, 2.75) is 39.0 Å². The van der Waals surface area contributed by atoms with Crippen LogP contribution in [0.5, 0.6) is 11.5 Å². The summed E-state index contributed by atoms with van der Waals surface area (Å²) in [6, 6.07) is 15.2. The van der Waals surface area contributed by atoms with Crippen LogP contribution in [0.1, 0.15) is 50.2 Å². The second kappa shape index (κ2) is 9.35. The van der Waals surface area contributed by atoms with E-state index in [1.165, 1.54) is 0 Å². The van der Waals surface area contributed by atoms with Gasteiger partial charge in [-0.1, -0.05) is 57.0 Å². The average Bonchev–Trinajstić information content (AvgIpc) is 2.62. The van der Waals surface area contributed by atoms with Crippen molar-refractivity contribution in [3.8, 4) is 24.0 Å². The van der Waals surface area contributed by atoms with E-state index >= 15 is 0 Å². The Hall–Kier alpha value is -2.98. The van der Waals surface area contributed by atoms with E-state index in [9.17, 15) is 0 Å². The second-order valence-corrected chi connectivity index (χ2v) is 6.18. The van der Waals surface area contributed by atoms with Crippen molar-refractivity contribution < 1.29 is 9.47 Å². The summed E-state index contributed by atoms with van der Waals surface area (Å²) in [5.74, 6) is 1.77. The molecule has 128 valence electrons. The Labute approximate surface area is 149 Å². The largest absolute Gasteiger partial charge is 0.388 e. The van der Waals surface area contributed by atoms with E-state index in [-0.39, 0.29) is 5.92 Å². The molecule has 0 saturated heterocycles. The second-order valence-electron chi connectivity index (χ2n) is 6.18. The van der Waals surface area contributed by atoms with E-state index in [0.717, 1.165) is 30.4 Å². The number of para-hydroxylation sites is 1. The molecule has 2 atom stereocenters. The van der Waals surface area contributed by atoms with E-state index in [4.69, 9.17) is 20.0 Å². The highest BCUT2D eigenvalue weighted by atomic mass is 16.5. The molecule has 2 unspecified atom stereocenters. The van der Waals surface area contributed by atoms with Crippen LogP contribution in [0.4, 0.5) is 0 Å². The Morgan fingerprint density at radius 2 is 1.64 bits per heavy atom. The van der Waals surface area contributed by atoms with Gasteiger partial charge in [0.2, 0.25) is 0 Å². The van der Waals surface area contributed by atoms with E-state index in [2.05, 4.69) is 13.8 Å². The molecule has 0 aliphatic carbocycles. The third-order valence-electron chi connectivity index (χ3n) is 4.32. The van der Waals surface area contributed by atoms with Gasteiger partial charge in [-0.3, -0.25) is 0 Å². The molecule has 2 rings (SSSR count). The van der Waals surface area contributed by atoms with Crippen molar-refractivity contribution in [2.24, 2.45) is 5.92 Å². The smallest absolute Gasteiger partial charge is 0.292 e. The molecule has 0 aliphatic rings. The molecule has 0 amide bonds. The predicted octanol–water partition coefficient (Wildman–Crippen LogP) is 5.36. The molecule has 0 aromatic heterocycles. The molecule has 0 spiro atoms. The molecule has 0 saturated carbocycles. The topological polar surface area (TPSA) is 66.0 Å². The lowest BCUT2D eigenvalue weighted by Crippen LogP contribution is -2.08. The van der Waals surface area contributed by atoms with Crippen molar-refractivity contribution in [3.05, 3.63) is 59.7 Å². The zero-order valence-electron chi connectivity index (χ0n) is 14.6. The lowest BCUT2D eigenvalue weighted by atomic mass is 9.82. The molecule has 2 aromatic carbocycles. The number of benzene rings is 2. The molecule has 0 N–H and O–H groups in total. The van der Waals surface area contributed by atoms with Gasteiger partial charge < -0.3 is 9.47 Å². The van der Waals surface area contributed by atoms with Crippen LogP contribution >= 0.6 is 0 Å². The van der Waals surface area contributed by atoms with Crippen LogP contribution in [0.2, 0.25) is 0 Å². The molecule has 0 radical (unpaired) electrons. The highest BCUT2D eigenvalue weighted by Gasteiger charge is 2.21. The third-order valence-corrected chi connectivity index (χ3v) is 4.32. The summed E-state index contributed by atoms with van der Waals surface area (Å²) in [7, 11) is 0. The van der Waals surface area contributed by atoms with Gasteiger partial charge in [0.25, 0.3) is 12.5 Å². The summed E-state index contributed by atoms with van der Waals surface area (Å²) in [4.78, 5) is 0. The van der Waals surface area contributed by atoms with Gasteiger partial charge in [-0.2, -0.15) is 0 Å². The highest BCUT2D eigenvalue weighted by molar-refractivity contribution is 5.43. The lowest BCUT2D eigenvalue weighted by Gasteiger charge is -2.23. The fraction of sp³-hybridized carbons (Fsp3) is 0.333. The maximum absolute atomic E-state index is 8.94. The fourth-order valence-electron chi connectivity index (χ4n) is 3.19. The first-order valence-corrected chi connectivity index (χ1v) is 8.50. The van der Waals surface area contributed by atoms with Crippen LogP contribution < -0.4 is 9.47 Å². The third kappa shape index (κ3) is 4.99. The number of hydrogen-bond acceptors (Lipinski definition) is 4. The van der Waals surface area contributed by atoms with E-state index in [0.29, 0.717) is 17.4 Å². The molecule has 25 heavy (non-hydrogen) atoms. The van der Waals surface area contributed by atoms with Crippen LogP contribution in [0.15, 0.2) is 48.5 Å². The summed E-state index contributed by atoms with van der Waals surface area (Å²) in [5, 5.41) is 17.6. The molecule has 4 heteroatoms. The van der Waals surface area contributed by atoms with Crippen LogP contribution in [0, 0.1) is 29.0 Å². The quantitative estimate of drug-likeness (QED) is 0.609. The maximum Gasteiger partial charge on any atom is 0.292 e. The summed E-state index contributed by atoms with van der Waals surface area (Å²) in [5.41, 5.74) is 2.11. The van der Waals surface area contributed by atoms with Crippen LogP contribution in [0.25, 0.3) is 0 Å². The summed E-state index contributed by atoms with van der Waals surface area (Å²) in [6.45, 7) is 4.43. The number of rotatable bonds is 8. The standard InChI is InChI=1S/C21H22N2O2/c1-3-6-16(2)13-20(17-9-11-18(12-10-17)24-14-22)19-7-4-5-8-21(19)25-15-23/h4-5,7-12,16,20H,3,6,13H2,1-2H3. The van der Waals surface area contributed by atoms with Gasteiger partial charge in [-0.15, -0.1) is 10.5 Å². The number of hydrogen-bond donors (Lipinski definition) is 0.